The minimum Gasteiger partial charge on any atom is -0.480 e. The Kier molecular flexibility index (Phi) is 5.49. The Morgan fingerprint density at radius 3 is 2.69 bits per heavy atom. The number of aryl methyl sites for hydroxylation is 1. The first kappa shape index (κ1) is 19.8. The Hall–Kier alpha value is -2.55. The largest absolute Gasteiger partial charge is 0.480 e. The highest BCUT2D eigenvalue weighted by molar-refractivity contribution is 5.93. The number of nitrogens with one attached hydrogen (secondary N) is 1. The zero-order chi connectivity index (χ0) is 20.5. The molecule has 0 aliphatic carbocycles. The van der Waals surface area contributed by atoms with Gasteiger partial charge in [-0.2, -0.15) is 0 Å². The number of rotatable bonds is 5. The standard InChI is InChI=1S/C20H27N5O4/c1-12-21-6-15(7-22-12)20(29)23-8-17-14-5-13(9-24(10-14)11-19(27)28)16-3-2-4-18(26)25(16)17/h6-7,13-14,16-17H,2-5,8-11H2,1H3,(H,23,29)(H,27,28)/t13-,14+,16+,17+/m1/s1. The van der Waals surface area contributed by atoms with E-state index in [-0.39, 0.29) is 36.4 Å². The first-order valence-electron chi connectivity index (χ1n) is 10.2. The number of fused-ring (bicyclic) bond motifs is 4. The van der Waals surface area contributed by atoms with Crippen molar-refractivity contribution >= 4 is 17.8 Å². The van der Waals surface area contributed by atoms with Gasteiger partial charge < -0.3 is 15.3 Å². The van der Waals surface area contributed by atoms with Crippen molar-refractivity contribution in [3.05, 3.63) is 23.8 Å². The topological polar surface area (TPSA) is 116 Å². The zero-order valence-electron chi connectivity index (χ0n) is 16.6. The molecular weight excluding hydrogens is 374 g/mol. The van der Waals surface area contributed by atoms with Gasteiger partial charge in [0, 0.05) is 44.5 Å². The summed E-state index contributed by atoms with van der Waals surface area (Å²) in [4.78, 5) is 48.6. The van der Waals surface area contributed by atoms with Gasteiger partial charge in [-0.1, -0.05) is 0 Å². The Bertz CT molecular complexity index is 799. The molecule has 0 unspecified atom stereocenters. The molecule has 3 saturated heterocycles. The van der Waals surface area contributed by atoms with Crippen LogP contribution in [0.25, 0.3) is 0 Å². The van der Waals surface area contributed by atoms with Crippen LogP contribution in [0, 0.1) is 18.8 Å². The molecule has 4 heterocycles. The number of piperidine rings is 3. The van der Waals surface area contributed by atoms with E-state index in [9.17, 15) is 19.5 Å². The average molecular weight is 401 g/mol. The lowest BCUT2D eigenvalue weighted by Crippen LogP contribution is -2.67. The molecule has 1 aromatic rings. The average Bonchev–Trinajstić information content (AvgIpc) is 2.68. The van der Waals surface area contributed by atoms with E-state index in [0.717, 1.165) is 25.8 Å². The van der Waals surface area contributed by atoms with Crippen LogP contribution < -0.4 is 5.32 Å². The highest BCUT2D eigenvalue weighted by Gasteiger charge is 2.49. The molecule has 0 saturated carbocycles. The van der Waals surface area contributed by atoms with E-state index in [0.29, 0.717) is 36.8 Å². The molecule has 3 aliphatic heterocycles. The lowest BCUT2D eigenvalue weighted by Gasteiger charge is -2.56. The van der Waals surface area contributed by atoms with Crippen molar-refractivity contribution in [3.63, 3.8) is 0 Å². The van der Waals surface area contributed by atoms with Crippen LogP contribution in [-0.2, 0) is 9.59 Å². The third-order valence-electron chi connectivity index (χ3n) is 6.45. The first-order chi connectivity index (χ1) is 13.9. The van der Waals surface area contributed by atoms with Gasteiger partial charge in [0.15, 0.2) is 0 Å². The number of aliphatic carboxylic acids is 1. The molecule has 0 radical (unpaired) electrons. The predicted molar refractivity (Wildman–Crippen MR) is 103 cm³/mol. The summed E-state index contributed by atoms with van der Waals surface area (Å²) in [7, 11) is 0. The minimum absolute atomic E-state index is 0.0213. The summed E-state index contributed by atoms with van der Waals surface area (Å²) in [5, 5.41) is 12.2. The van der Waals surface area contributed by atoms with E-state index >= 15 is 0 Å². The van der Waals surface area contributed by atoms with Crippen LogP contribution in [0.2, 0.25) is 0 Å². The normalized spacial score (nSPS) is 29.3. The molecule has 1 aromatic heterocycles. The fourth-order valence-corrected chi connectivity index (χ4v) is 5.26. The summed E-state index contributed by atoms with van der Waals surface area (Å²) in [5.41, 5.74) is 0.391. The molecule has 4 atom stereocenters. The molecular formula is C20H27N5O4. The fraction of sp³-hybridized carbons (Fsp3) is 0.650. The molecule has 29 heavy (non-hydrogen) atoms. The van der Waals surface area contributed by atoms with E-state index in [1.54, 1.807) is 6.92 Å². The van der Waals surface area contributed by atoms with Crippen LogP contribution in [0.5, 0.6) is 0 Å². The van der Waals surface area contributed by atoms with Gasteiger partial charge in [-0.25, -0.2) is 9.97 Å². The van der Waals surface area contributed by atoms with Crippen LogP contribution >= 0.6 is 0 Å². The molecule has 3 fully saturated rings. The lowest BCUT2D eigenvalue weighted by molar-refractivity contribution is -0.154. The zero-order valence-corrected chi connectivity index (χ0v) is 16.6. The summed E-state index contributed by atoms with van der Waals surface area (Å²) < 4.78 is 0. The van der Waals surface area contributed by atoms with Crippen molar-refractivity contribution < 1.29 is 19.5 Å². The van der Waals surface area contributed by atoms with Gasteiger partial charge in [-0.05, 0) is 38.0 Å². The predicted octanol–water partition coefficient (Wildman–Crippen LogP) is 0.301. The summed E-state index contributed by atoms with van der Waals surface area (Å²) in [6, 6.07) is 0.0182. The van der Waals surface area contributed by atoms with Crippen LogP contribution in [-0.4, -0.2) is 80.9 Å². The molecule has 2 N–H and O–H groups in total. The number of carbonyl (C=O) groups excluding carboxylic acids is 2. The number of hydrogen-bond donors (Lipinski definition) is 2. The van der Waals surface area contributed by atoms with Crippen molar-refractivity contribution in [2.75, 3.05) is 26.2 Å². The van der Waals surface area contributed by atoms with Gasteiger partial charge in [0.05, 0.1) is 18.2 Å². The molecule has 9 heteroatoms. The van der Waals surface area contributed by atoms with Crippen LogP contribution in [0.1, 0.15) is 41.9 Å². The maximum Gasteiger partial charge on any atom is 0.317 e. The Balaban J connectivity index is 1.51. The Morgan fingerprint density at radius 2 is 1.97 bits per heavy atom. The summed E-state index contributed by atoms with van der Waals surface area (Å²) >= 11 is 0. The van der Waals surface area contributed by atoms with Crippen molar-refractivity contribution in [2.24, 2.45) is 11.8 Å². The maximum absolute atomic E-state index is 12.8. The van der Waals surface area contributed by atoms with Gasteiger partial charge in [-0.15, -0.1) is 0 Å². The highest BCUT2D eigenvalue weighted by atomic mass is 16.4. The van der Waals surface area contributed by atoms with E-state index < -0.39 is 5.97 Å². The van der Waals surface area contributed by atoms with Crippen LogP contribution in [0.15, 0.2) is 12.4 Å². The van der Waals surface area contributed by atoms with Crippen LogP contribution in [0.3, 0.4) is 0 Å². The second kappa shape index (κ2) is 8.06. The van der Waals surface area contributed by atoms with E-state index in [1.807, 2.05) is 9.80 Å². The third-order valence-corrected chi connectivity index (χ3v) is 6.45. The van der Waals surface area contributed by atoms with Gasteiger partial charge in [-0.3, -0.25) is 19.3 Å². The molecule has 2 bridgehead atoms. The summed E-state index contributed by atoms with van der Waals surface area (Å²) in [6.45, 7) is 3.49. The van der Waals surface area contributed by atoms with Gasteiger partial charge in [0.2, 0.25) is 5.91 Å². The number of carboxylic acid groups (broad SMARTS) is 1. The SMILES string of the molecule is Cc1ncc(C(=O)NC[C@H]2[C@H]3C[C@H](CN(CC(=O)O)C3)[C@@H]3CCCC(=O)N32)cn1. The smallest absolute Gasteiger partial charge is 0.317 e. The molecule has 9 nitrogen and oxygen atoms in total. The Morgan fingerprint density at radius 1 is 1.24 bits per heavy atom. The number of amides is 2. The number of hydrogen-bond acceptors (Lipinski definition) is 6. The van der Waals surface area contributed by atoms with Crippen molar-refractivity contribution in [3.8, 4) is 0 Å². The quantitative estimate of drug-likeness (QED) is 0.729. The highest BCUT2D eigenvalue weighted by Crippen LogP contribution is 2.41. The van der Waals surface area contributed by atoms with E-state index in [4.69, 9.17) is 0 Å². The maximum atomic E-state index is 12.8. The molecule has 2 amide bonds. The van der Waals surface area contributed by atoms with Crippen LogP contribution in [0.4, 0.5) is 0 Å². The minimum atomic E-state index is -0.828. The molecule has 4 rings (SSSR count). The molecule has 156 valence electrons. The first-order valence-corrected chi connectivity index (χ1v) is 10.2. The van der Waals surface area contributed by atoms with Crippen molar-refractivity contribution in [2.45, 2.75) is 44.7 Å². The molecule has 0 aromatic carbocycles. The number of nitrogens with zero attached hydrogens (tertiary/aromatic N) is 4. The fourth-order valence-electron chi connectivity index (χ4n) is 5.26. The van der Waals surface area contributed by atoms with Crippen molar-refractivity contribution in [1.29, 1.82) is 0 Å². The second-order valence-corrected chi connectivity index (χ2v) is 8.40. The van der Waals surface area contributed by atoms with Gasteiger partial charge >= 0.3 is 5.97 Å². The monoisotopic (exact) mass is 401 g/mol. The number of carbonyl (C=O) groups is 3. The Labute approximate surface area is 169 Å². The summed E-state index contributed by atoms with van der Waals surface area (Å²) in [5.74, 6) is 0.121. The van der Waals surface area contributed by atoms with Gasteiger partial charge in [0.1, 0.15) is 5.82 Å². The second-order valence-electron chi connectivity index (χ2n) is 8.40. The van der Waals surface area contributed by atoms with Crippen molar-refractivity contribution in [1.82, 2.24) is 25.1 Å². The summed E-state index contributed by atoms with van der Waals surface area (Å²) in [6.07, 6.45) is 6.33. The lowest BCUT2D eigenvalue weighted by atomic mass is 9.72. The van der Waals surface area contributed by atoms with E-state index in [1.165, 1.54) is 12.4 Å². The number of likely N-dealkylation sites (tertiary alicyclic amines) is 1. The van der Waals surface area contributed by atoms with E-state index in [2.05, 4.69) is 15.3 Å². The van der Waals surface area contributed by atoms with Gasteiger partial charge in [0.25, 0.3) is 5.91 Å². The third kappa shape index (κ3) is 4.10. The molecule has 0 spiro atoms. The number of carboxylic acids is 1. The number of aromatic nitrogens is 2. The molecule has 3 aliphatic rings.